The lowest BCUT2D eigenvalue weighted by Gasteiger charge is -2.13. The van der Waals surface area contributed by atoms with Gasteiger partial charge in [-0.15, -0.1) is 0 Å². The van der Waals surface area contributed by atoms with Crippen LogP contribution in [0.4, 0.5) is 0 Å². The molecule has 1 N–H and O–H groups in total. The van der Waals surface area contributed by atoms with Gasteiger partial charge in [0, 0.05) is 6.42 Å². The first-order valence-electron chi connectivity index (χ1n) is 6.01. The first kappa shape index (κ1) is 14.9. The summed E-state index contributed by atoms with van der Waals surface area (Å²) >= 11 is 0. The van der Waals surface area contributed by atoms with Crippen molar-refractivity contribution in [3.63, 3.8) is 0 Å². The molecule has 0 aromatic rings. The van der Waals surface area contributed by atoms with Gasteiger partial charge < -0.3 is 9.84 Å². The number of carbonyl (C=O) groups is 2. The maximum absolute atomic E-state index is 10.3. The van der Waals surface area contributed by atoms with Gasteiger partial charge in [0.15, 0.2) is 0 Å². The third-order valence-corrected chi connectivity index (χ3v) is 2.53. The van der Waals surface area contributed by atoms with Crippen molar-refractivity contribution in [1.82, 2.24) is 0 Å². The van der Waals surface area contributed by atoms with Crippen LogP contribution in [0.15, 0.2) is 0 Å². The van der Waals surface area contributed by atoms with Crippen molar-refractivity contribution in [2.75, 3.05) is 0 Å². The summed E-state index contributed by atoms with van der Waals surface area (Å²) in [5.41, 5.74) is 0. The molecule has 0 amide bonds. The molecule has 0 aromatic carbocycles. The fourth-order valence-corrected chi connectivity index (χ4v) is 1.68. The average molecular weight is 230 g/mol. The van der Waals surface area contributed by atoms with Crippen LogP contribution in [0.25, 0.3) is 0 Å². The molecule has 0 rings (SSSR count). The van der Waals surface area contributed by atoms with Gasteiger partial charge in [-0.25, -0.2) is 0 Å². The van der Waals surface area contributed by atoms with Gasteiger partial charge in [0.1, 0.15) is 6.10 Å². The number of hydrogen-bond acceptors (Lipinski definition) is 3. The third-order valence-electron chi connectivity index (χ3n) is 2.53. The summed E-state index contributed by atoms with van der Waals surface area (Å²) in [6.07, 6.45) is 6.79. The van der Waals surface area contributed by atoms with E-state index in [4.69, 9.17) is 9.84 Å². The second-order valence-electron chi connectivity index (χ2n) is 3.99. The second-order valence-corrected chi connectivity index (χ2v) is 3.99. The summed E-state index contributed by atoms with van der Waals surface area (Å²) in [7, 11) is 0. The predicted octanol–water partition coefficient (Wildman–Crippen LogP) is 2.75. The molecule has 0 saturated carbocycles. The molecule has 0 aliphatic carbocycles. The maximum atomic E-state index is 10.3. The van der Waals surface area contributed by atoms with Gasteiger partial charge in [-0.1, -0.05) is 26.2 Å². The van der Waals surface area contributed by atoms with Crippen molar-refractivity contribution in [3.8, 4) is 0 Å². The highest BCUT2D eigenvalue weighted by molar-refractivity contribution is 5.66. The monoisotopic (exact) mass is 230 g/mol. The number of aliphatic carboxylic acids is 1. The number of unbranched alkanes of at least 4 members (excludes halogenated alkanes) is 3. The molecule has 94 valence electrons. The molecule has 0 heterocycles. The van der Waals surface area contributed by atoms with E-state index >= 15 is 0 Å². The minimum absolute atomic E-state index is 0.0435. The summed E-state index contributed by atoms with van der Waals surface area (Å²) in [4.78, 5) is 20.5. The first-order chi connectivity index (χ1) is 7.70. The van der Waals surface area contributed by atoms with E-state index in [2.05, 4.69) is 6.92 Å². The van der Waals surface area contributed by atoms with Gasteiger partial charge in [0.2, 0.25) is 0 Å². The topological polar surface area (TPSA) is 63.6 Å². The van der Waals surface area contributed by atoms with E-state index in [9.17, 15) is 9.59 Å². The molecule has 4 heteroatoms. The van der Waals surface area contributed by atoms with Crippen LogP contribution in [0.2, 0.25) is 0 Å². The number of carboxylic acid groups (broad SMARTS) is 1. The molecule has 16 heavy (non-hydrogen) atoms. The van der Waals surface area contributed by atoms with Crippen LogP contribution in [0, 0.1) is 0 Å². The Bertz CT molecular complexity index is 191. The molecule has 0 aromatic heterocycles. The summed E-state index contributed by atoms with van der Waals surface area (Å²) in [6.45, 7) is 2.58. The molecule has 1 atom stereocenters. The van der Waals surface area contributed by atoms with Gasteiger partial charge in [-0.3, -0.25) is 9.59 Å². The Morgan fingerprint density at radius 2 is 1.94 bits per heavy atom. The lowest BCUT2D eigenvalue weighted by molar-refractivity contribution is -0.137. The van der Waals surface area contributed by atoms with E-state index in [1.54, 1.807) is 0 Å². The van der Waals surface area contributed by atoms with Gasteiger partial charge in [-0.05, 0) is 25.7 Å². The van der Waals surface area contributed by atoms with Crippen LogP contribution in [0.3, 0.4) is 0 Å². The zero-order chi connectivity index (χ0) is 12.2. The first-order valence-corrected chi connectivity index (χ1v) is 6.01. The molecule has 0 spiro atoms. The fourth-order valence-electron chi connectivity index (χ4n) is 1.68. The Balaban J connectivity index is 3.39. The van der Waals surface area contributed by atoms with Gasteiger partial charge in [0.25, 0.3) is 6.47 Å². The smallest absolute Gasteiger partial charge is 0.303 e. The van der Waals surface area contributed by atoms with Gasteiger partial charge in [0.05, 0.1) is 0 Å². The highest BCUT2D eigenvalue weighted by Gasteiger charge is 2.07. The molecule has 0 bridgehead atoms. The molecule has 0 aliphatic heterocycles. The summed E-state index contributed by atoms with van der Waals surface area (Å²) < 4.78 is 4.95. The van der Waals surface area contributed by atoms with Crippen molar-refractivity contribution in [2.24, 2.45) is 0 Å². The Labute approximate surface area is 97.0 Å². The van der Waals surface area contributed by atoms with Crippen LogP contribution < -0.4 is 0 Å². The molecule has 0 saturated heterocycles. The number of carboxylic acids is 1. The van der Waals surface area contributed by atoms with E-state index in [0.29, 0.717) is 6.47 Å². The fraction of sp³-hybridized carbons (Fsp3) is 0.833. The summed E-state index contributed by atoms with van der Waals surface area (Å²) in [6, 6.07) is 0. The lowest BCUT2D eigenvalue weighted by Crippen LogP contribution is -2.11. The maximum Gasteiger partial charge on any atom is 0.303 e. The van der Waals surface area contributed by atoms with Crippen molar-refractivity contribution in [1.29, 1.82) is 0 Å². The van der Waals surface area contributed by atoms with Crippen molar-refractivity contribution >= 4 is 12.4 Å². The minimum atomic E-state index is -0.729. The van der Waals surface area contributed by atoms with Crippen LogP contribution in [0.5, 0.6) is 0 Å². The second kappa shape index (κ2) is 10.5. The van der Waals surface area contributed by atoms with Crippen LogP contribution in [-0.4, -0.2) is 23.7 Å². The van der Waals surface area contributed by atoms with E-state index < -0.39 is 5.97 Å². The van der Waals surface area contributed by atoms with E-state index in [0.717, 1.165) is 44.9 Å². The number of ether oxygens (including phenoxy) is 1. The minimum Gasteiger partial charge on any atom is -0.481 e. The molecule has 1 unspecified atom stereocenters. The molecular formula is C12H22O4. The Morgan fingerprint density at radius 3 is 2.50 bits per heavy atom. The lowest BCUT2D eigenvalue weighted by atomic mass is 10.1. The molecule has 0 aliphatic rings. The zero-order valence-corrected chi connectivity index (χ0v) is 9.98. The summed E-state index contributed by atoms with van der Waals surface area (Å²) in [5.74, 6) is -0.729. The van der Waals surface area contributed by atoms with E-state index in [-0.39, 0.29) is 12.5 Å². The van der Waals surface area contributed by atoms with Crippen LogP contribution >= 0.6 is 0 Å². The Kier molecular flexibility index (Phi) is 9.76. The Hall–Kier alpha value is -1.06. The number of rotatable bonds is 11. The van der Waals surface area contributed by atoms with Crippen molar-refractivity contribution in [3.05, 3.63) is 0 Å². The standard InChI is InChI=1S/C12H22O4/c1-2-7-11(16-10-13)8-5-3-4-6-9-12(14)15/h10-11H,2-9H2,1H3,(H,14,15). The molecule has 0 radical (unpaired) electrons. The van der Waals surface area contributed by atoms with Crippen LogP contribution in [0.1, 0.15) is 58.3 Å². The Morgan fingerprint density at radius 1 is 1.25 bits per heavy atom. The molecule has 0 fully saturated rings. The predicted molar refractivity (Wildman–Crippen MR) is 61.2 cm³/mol. The van der Waals surface area contributed by atoms with Crippen LogP contribution in [-0.2, 0) is 14.3 Å². The van der Waals surface area contributed by atoms with E-state index in [1.807, 2.05) is 0 Å². The number of carbonyl (C=O) groups excluding carboxylic acids is 1. The average Bonchev–Trinajstić information content (AvgIpc) is 2.23. The molecule has 4 nitrogen and oxygen atoms in total. The normalized spacial score (nSPS) is 12.1. The number of hydrogen-bond donors (Lipinski definition) is 1. The third kappa shape index (κ3) is 9.49. The van der Waals surface area contributed by atoms with Crippen molar-refractivity contribution < 1.29 is 19.4 Å². The van der Waals surface area contributed by atoms with Crippen molar-refractivity contribution in [2.45, 2.75) is 64.4 Å². The van der Waals surface area contributed by atoms with Gasteiger partial charge >= 0.3 is 5.97 Å². The summed E-state index contributed by atoms with van der Waals surface area (Å²) in [5, 5.41) is 8.44. The molecular weight excluding hydrogens is 208 g/mol. The quantitative estimate of drug-likeness (QED) is 0.438. The zero-order valence-electron chi connectivity index (χ0n) is 9.98. The largest absolute Gasteiger partial charge is 0.481 e. The highest BCUT2D eigenvalue weighted by Crippen LogP contribution is 2.12. The highest BCUT2D eigenvalue weighted by atomic mass is 16.5. The van der Waals surface area contributed by atoms with Gasteiger partial charge in [-0.2, -0.15) is 0 Å². The SMILES string of the molecule is CCCC(CCCCCCC(=O)O)OC=O. The van der Waals surface area contributed by atoms with E-state index in [1.165, 1.54) is 0 Å².